The molecule has 1 aliphatic rings. The molecule has 1 aliphatic carbocycles. The van der Waals surface area contributed by atoms with Crippen LogP contribution in [0, 0.1) is 5.92 Å². The van der Waals surface area contributed by atoms with Crippen molar-refractivity contribution in [2.24, 2.45) is 11.1 Å². The maximum atomic E-state index is 4.65. The Morgan fingerprint density at radius 2 is 2.22 bits per heavy atom. The van der Waals surface area contributed by atoms with Gasteiger partial charge in [0.25, 0.3) is 0 Å². The van der Waals surface area contributed by atoms with E-state index in [0.29, 0.717) is 0 Å². The van der Waals surface area contributed by atoms with Crippen LogP contribution in [0.3, 0.4) is 0 Å². The molecule has 0 saturated heterocycles. The Balaban J connectivity index is 2.31. The highest BCUT2D eigenvalue weighted by molar-refractivity contribution is 5.84. The van der Waals surface area contributed by atoms with Crippen molar-refractivity contribution >= 4 is 5.71 Å². The molecule has 0 N–H and O–H groups in total. The van der Waals surface area contributed by atoms with E-state index in [1.807, 2.05) is 6.92 Å². The molecule has 2 nitrogen and oxygen atoms in total. The number of oxime groups is 1. The number of nitrogens with zero attached hydrogens (tertiary/aromatic N) is 1. The van der Waals surface area contributed by atoms with Gasteiger partial charge in [0.15, 0.2) is 0 Å². The molecule has 1 saturated carbocycles. The molecule has 1 fully saturated rings. The fraction of sp³-hybridized carbons (Fsp3) is 0.857. The average molecular weight is 127 g/mol. The molecule has 0 aromatic rings. The summed E-state index contributed by atoms with van der Waals surface area (Å²) >= 11 is 0. The molecule has 1 rings (SSSR count). The largest absolute Gasteiger partial charge is 0.399 e. The Kier molecular flexibility index (Phi) is 2.09. The molecule has 52 valence electrons. The van der Waals surface area contributed by atoms with Gasteiger partial charge in [-0.3, -0.25) is 0 Å². The minimum Gasteiger partial charge on any atom is -0.399 e. The summed E-state index contributed by atoms with van der Waals surface area (Å²) < 4.78 is 0. The minimum atomic E-state index is 0.727. The molecule has 2 heteroatoms. The third-order valence-corrected chi connectivity index (χ3v) is 1.93. The van der Waals surface area contributed by atoms with Crippen LogP contribution in [0.5, 0.6) is 0 Å². The van der Waals surface area contributed by atoms with Crippen molar-refractivity contribution in [2.45, 2.75) is 26.2 Å². The van der Waals surface area contributed by atoms with E-state index in [1.54, 1.807) is 7.11 Å². The average Bonchev–Trinajstić information content (AvgIpc) is 1.60. The van der Waals surface area contributed by atoms with Crippen molar-refractivity contribution < 1.29 is 4.84 Å². The van der Waals surface area contributed by atoms with Crippen molar-refractivity contribution in [2.75, 3.05) is 7.11 Å². The van der Waals surface area contributed by atoms with Crippen molar-refractivity contribution in [3.63, 3.8) is 0 Å². The molecule has 9 heavy (non-hydrogen) atoms. The first-order chi connectivity index (χ1) is 4.34. The summed E-state index contributed by atoms with van der Waals surface area (Å²) in [6.07, 6.45) is 3.97. The van der Waals surface area contributed by atoms with Gasteiger partial charge in [-0.15, -0.1) is 0 Å². The van der Waals surface area contributed by atoms with Crippen molar-refractivity contribution in [1.82, 2.24) is 0 Å². The van der Waals surface area contributed by atoms with Crippen LogP contribution in [0.2, 0.25) is 0 Å². The van der Waals surface area contributed by atoms with E-state index in [9.17, 15) is 0 Å². The van der Waals surface area contributed by atoms with Gasteiger partial charge in [0, 0.05) is 5.92 Å². The van der Waals surface area contributed by atoms with Crippen molar-refractivity contribution in [3.8, 4) is 0 Å². The van der Waals surface area contributed by atoms with Gasteiger partial charge in [0.05, 0.1) is 5.71 Å². The molecular weight excluding hydrogens is 114 g/mol. The summed E-state index contributed by atoms with van der Waals surface area (Å²) in [4.78, 5) is 4.65. The molecule has 0 atom stereocenters. The zero-order valence-corrected chi connectivity index (χ0v) is 6.05. The molecule has 0 unspecified atom stereocenters. The molecule has 0 radical (unpaired) electrons. The maximum Gasteiger partial charge on any atom is 0.106 e. The molecule has 0 spiro atoms. The lowest BCUT2D eigenvalue weighted by molar-refractivity contribution is 0.208. The second-order valence-corrected chi connectivity index (χ2v) is 2.54. The first kappa shape index (κ1) is 6.59. The fourth-order valence-electron chi connectivity index (χ4n) is 1.04. The summed E-state index contributed by atoms with van der Waals surface area (Å²) in [5.41, 5.74) is 1.16. The highest BCUT2D eigenvalue weighted by atomic mass is 16.6. The third-order valence-electron chi connectivity index (χ3n) is 1.93. The van der Waals surface area contributed by atoms with Gasteiger partial charge in [-0.25, -0.2) is 0 Å². The molecular formula is C7H13NO. The standard InChI is InChI=1S/C7H13NO/c1-6(8-9-2)7-4-3-5-7/h7H,3-5H2,1-2H3. The summed E-state index contributed by atoms with van der Waals surface area (Å²) in [7, 11) is 1.60. The maximum absolute atomic E-state index is 4.65. The fourth-order valence-corrected chi connectivity index (χ4v) is 1.04. The lowest BCUT2D eigenvalue weighted by atomic mass is 9.82. The Morgan fingerprint density at radius 3 is 2.56 bits per heavy atom. The SMILES string of the molecule is CON=C(C)C1CCC1. The van der Waals surface area contributed by atoms with Crippen LogP contribution in [-0.4, -0.2) is 12.8 Å². The molecule has 0 heterocycles. The van der Waals surface area contributed by atoms with Gasteiger partial charge < -0.3 is 4.84 Å². The van der Waals surface area contributed by atoms with Gasteiger partial charge in [-0.2, -0.15) is 0 Å². The van der Waals surface area contributed by atoms with Gasteiger partial charge in [-0.05, 0) is 19.8 Å². The van der Waals surface area contributed by atoms with Crippen molar-refractivity contribution in [3.05, 3.63) is 0 Å². The Hall–Kier alpha value is -0.530. The van der Waals surface area contributed by atoms with Gasteiger partial charge in [0.1, 0.15) is 7.11 Å². The number of hydrogen-bond acceptors (Lipinski definition) is 2. The Morgan fingerprint density at radius 1 is 1.56 bits per heavy atom. The van der Waals surface area contributed by atoms with E-state index in [2.05, 4.69) is 9.99 Å². The first-order valence-corrected chi connectivity index (χ1v) is 3.42. The van der Waals surface area contributed by atoms with Gasteiger partial charge >= 0.3 is 0 Å². The van der Waals surface area contributed by atoms with Crippen LogP contribution in [0.25, 0.3) is 0 Å². The minimum absolute atomic E-state index is 0.727. The summed E-state index contributed by atoms with van der Waals surface area (Å²) in [6, 6.07) is 0. The monoisotopic (exact) mass is 127 g/mol. The highest BCUT2D eigenvalue weighted by Crippen LogP contribution is 2.27. The third kappa shape index (κ3) is 1.44. The second kappa shape index (κ2) is 2.85. The molecule has 0 aromatic heterocycles. The molecule has 0 amide bonds. The molecule has 0 bridgehead atoms. The van der Waals surface area contributed by atoms with E-state index < -0.39 is 0 Å². The highest BCUT2D eigenvalue weighted by Gasteiger charge is 2.20. The van der Waals surface area contributed by atoms with Crippen LogP contribution in [0.1, 0.15) is 26.2 Å². The van der Waals surface area contributed by atoms with Crippen molar-refractivity contribution in [1.29, 1.82) is 0 Å². The Labute approximate surface area is 55.9 Å². The zero-order chi connectivity index (χ0) is 6.69. The first-order valence-electron chi connectivity index (χ1n) is 3.42. The normalized spacial score (nSPS) is 21.3. The number of hydrogen-bond donors (Lipinski definition) is 0. The lowest BCUT2D eigenvalue weighted by Crippen LogP contribution is -2.19. The van der Waals surface area contributed by atoms with Crippen LogP contribution >= 0.6 is 0 Å². The van der Waals surface area contributed by atoms with Crippen LogP contribution < -0.4 is 0 Å². The van der Waals surface area contributed by atoms with Crippen LogP contribution in [0.4, 0.5) is 0 Å². The quantitative estimate of drug-likeness (QED) is 0.409. The van der Waals surface area contributed by atoms with E-state index in [-0.39, 0.29) is 0 Å². The van der Waals surface area contributed by atoms with Crippen LogP contribution in [0.15, 0.2) is 5.16 Å². The molecule has 0 aliphatic heterocycles. The van der Waals surface area contributed by atoms with E-state index in [1.165, 1.54) is 19.3 Å². The summed E-state index contributed by atoms with van der Waals surface area (Å²) in [5.74, 6) is 0.727. The molecule has 0 aromatic carbocycles. The number of rotatable bonds is 2. The lowest BCUT2D eigenvalue weighted by Gasteiger charge is -2.24. The van der Waals surface area contributed by atoms with Gasteiger partial charge in [-0.1, -0.05) is 11.6 Å². The van der Waals surface area contributed by atoms with E-state index >= 15 is 0 Å². The summed E-state index contributed by atoms with van der Waals surface area (Å²) in [6.45, 7) is 2.04. The van der Waals surface area contributed by atoms with E-state index in [0.717, 1.165) is 11.6 Å². The zero-order valence-electron chi connectivity index (χ0n) is 6.05. The second-order valence-electron chi connectivity index (χ2n) is 2.54. The van der Waals surface area contributed by atoms with Crippen LogP contribution in [-0.2, 0) is 4.84 Å². The smallest absolute Gasteiger partial charge is 0.106 e. The summed E-state index contributed by atoms with van der Waals surface area (Å²) in [5, 5.41) is 3.86. The predicted octanol–water partition coefficient (Wildman–Crippen LogP) is 1.81. The Bertz CT molecular complexity index is 116. The van der Waals surface area contributed by atoms with E-state index in [4.69, 9.17) is 0 Å². The topological polar surface area (TPSA) is 21.6 Å². The predicted molar refractivity (Wildman–Crippen MR) is 37.5 cm³/mol. The van der Waals surface area contributed by atoms with Gasteiger partial charge in [0.2, 0.25) is 0 Å².